The van der Waals surface area contributed by atoms with E-state index in [-0.39, 0.29) is 24.4 Å². The molecule has 0 unspecified atom stereocenters. The van der Waals surface area contributed by atoms with Crippen molar-refractivity contribution >= 4 is 16.7 Å². The van der Waals surface area contributed by atoms with Crippen molar-refractivity contribution in [2.75, 3.05) is 0 Å². The average molecular weight is 419 g/mol. The second-order valence-electron chi connectivity index (χ2n) is 8.90. The van der Waals surface area contributed by atoms with Crippen LogP contribution in [0, 0.1) is 12.7 Å². The molecule has 3 heterocycles. The first kappa shape index (κ1) is 18.8. The fraction of sp³-hybridized carbons (Fsp3) is 0.360. The van der Waals surface area contributed by atoms with Crippen LogP contribution in [-0.2, 0) is 41.1 Å². The molecule has 0 fully saturated rings. The number of cyclic esters (lactones) is 1. The maximum absolute atomic E-state index is 14.6. The summed E-state index contributed by atoms with van der Waals surface area (Å²) in [5.74, 6) is -0.930. The second-order valence-corrected chi connectivity index (χ2v) is 8.90. The van der Waals surface area contributed by atoms with Gasteiger partial charge in [0, 0.05) is 11.1 Å². The summed E-state index contributed by atoms with van der Waals surface area (Å²) in [6.45, 7) is 3.84. The Morgan fingerprint density at radius 3 is 2.68 bits per heavy atom. The van der Waals surface area contributed by atoms with Crippen LogP contribution in [0.4, 0.5) is 4.39 Å². The number of aliphatic hydroxyl groups is 1. The highest BCUT2D eigenvalue weighted by Gasteiger charge is 2.45. The fourth-order valence-corrected chi connectivity index (χ4v) is 5.73. The molecule has 2 aliphatic heterocycles. The molecule has 1 aliphatic carbocycles. The lowest BCUT2D eigenvalue weighted by atomic mass is 9.81. The largest absolute Gasteiger partial charge is 0.458 e. The van der Waals surface area contributed by atoms with E-state index in [1.54, 1.807) is 23.6 Å². The summed E-state index contributed by atoms with van der Waals surface area (Å²) in [7, 11) is 0. The number of aromatic nitrogens is 1. The normalized spacial score (nSPS) is 21.0. The SMILES string of the molecule is CC[C@@]1(O)C(=O)OCc2c1cc1n(c2=O)Cc2c-1cc1cc(F)c(C)c3c1c2CCC3. The van der Waals surface area contributed by atoms with Crippen molar-refractivity contribution in [2.45, 2.75) is 58.3 Å². The van der Waals surface area contributed by atoms with E-state index in [9.17, 15) is 19.1 Å². The van der Waals surface area contributed by atoms with Crippen molar-refractivity contribution in [3.8, 4) is 11.3 Å². The van der Waals surface area contributed by atoms with E-state index in [0.29, 0.717) is 28.9 Å². The number of rotatable bonds is 1. The molecular formula is C25H22FNO4. The number of aryl methyl sites for hydroxylation is 2. The van der Waals surface area contributed by atoms with Crippen LogP contribution < -0.4 is 5.56 Å². The number of ether oxygens (including phenoxy) is 1. The lowest BCUT2D eigenvalue weighted by molar-refractivity contribution is -0.172. The highest BCUT2D eigenvalue weighted by atomic mass is 19.1. The summed E-state index contributed by atoms with van der Waals surface area (Å²) in [6, 6.07) is 5.31. The Hall–Kier alpha value is -2.99. The topological polar surface area (TPSA) is 68.5 Å². The van der Waals surface area contributed by atoms with Crippen molar-refractivity contribution in [3.05, 3.63) is 67.8 Å². The van der Waals surface area contributed by atoms with Gasteiger partial charge in [-0.2, -0.15) is 0 Å². The van der Waals surface area contributed by atoms with Gasteiger partial charge in [-0.3, -0.25) is 4.79 Å². The van der Waals surface area contributed by atoms with Gasteiger partial charge in [0.05, 0.1) is 17.8 Å². The van der Waals surface area contributed by atoms with Crippen molar-refractivity contribution in [2.24, 2.45) is 0 Å². The quantitative estimate of drug-likeness (QED) is 0.479. The molecule has 1 N–H and O–H groups in total. The molecule has 3 aromatic rings. The Bertz CT molecular complexity index is 1400. The predicted octanol–water partition coefficient (Wildman–Crippen LogP) is 3.62. The minimum absolute atomic E-state index is 0.116. The standard InChI is InChI=1S/C25H22FNO4/c1-3-25(30)19-9-21-16-7-13-8-20(26)12(2)14-5-4-6-15(22(13)14)17(16)10-27(21)23(28)18(19)11-31-24(25)29/h7-9,30H,3-6,10-11H2,1-2H3/t25-/m0/s1. The number of halogens is 1. The first-order valence-electron chi connectivity index (χ1n) is 10.8. The molecule has 3 aliphatic rings. The van der Waals surface area contributed by atoms with Gasteiger partial charge >= 0.3 is 5.97 Å². The number of benzene rings is 2. The molecule has 6 heteroatoms. The van der Waals surface area contributed by atoms with E-state index in [1.807, 2.05) is 13.0 Å². The van der Waals surface area contributed by atoms with E-state index in [2.05, 4.69) is 0 Å². The highest BCUT2D eigenvalue weighted by Crippen LogP contribution is 2.44. The van der Waals surface area contributed by atoms with Gasteiger partial charge in [-0.25, -0.2) is 9.18 Å². The number of hydrogen-bond donors (Lipinski definition) is 1. The van der Waals surface area contributed by atoms with Gasteiger partial charge in [0.1, 0.15) is 12.4 Å². The summed E-state index contributed by atoms with van der Waals surface area (Å²) in [4.78, 5) is 25.7. The van der Waals surface area contributed by atoms with Gasteiger partial charge in [0.15, 0.2) is 5.60 Å². The Balaban J connectivity index is 1.68. The van der Waals surface area contributed by atoms with Crippen molar-refractivity contribution in [1.82, 2.24) is 4.57 Å². The van der Waals surface area contributed by atoms with Crippen LogP contribution in [0.3, 0.4) is 0 Å². The molecule has 0 radical (unpaired) electrons. The van der Waals surface area contributed by atoms with E-state index >= 15 is 0 Å². The number of carbonyl (C=O) groups excluding carboxylic acids is 1. The van der Waals surface area contributed by atoms with E-state index in [0.717, 1.165) is 46.7 Å². The van der Waals surface area contributed by atoms with Gasteiger partial charge < -0.3 is 14.4 Å². The van der Waals surface area contributed by atoms with Crippen molar-refractivity contribution in [3.63, 3.8) is 0 Å². The zero-order valence-corrected chi connectivity index (χ0v) is 17.5. The summed E-state index contributed by atoms with van der Waals surface area (Å²) in [5.41, 5.74) is 4.22. The monoisotopic (exact) mass is 419 g/mol. The molecule has 31 heavy (non-hydrogen) atoms. The number of carbonyl (C=O) groups is 1. The van der Waals surface area contributed by atoms with Crippen molar-refractivity contribution in [1.29, 1.82) is 0 Å². The Morgan fingerprint density at radius 1 is 1.13 bits per heavy atom. The van der Waals surface area contributed by atoms with Gasteiger partial charge in [0.25, 0.3) is 5.56 Å². The van der Waals surface area contributed by atoms with Crippen LogP contribution in [-0.4, -0.2) is 15.6 Å². The van der Waals surface area contributed by atoms with Crippen LogP contribution in [0.1, 0.15) is 53.1 Å². The Labute approximate surface area is 178 Å². The van der Waals surface area contributed by atoms with E-state index < -0.39 is 11.6 Å². The lowest BCUT2D eigenvalue weighted by Crippen LogP contribution is -2.44. The molecule has 2 aromatic carbocycles. The maximum Gasteiger partial charge on any atom is 0.343 e. The number of fused-ring (bicyclic) bond motifs is 5. The van der Waals surface area contributed by atoms with Crippen LogP contribution in [0.5, 0.6) is 0 Å². The molecule has 1 aromatic heterocycles. The fourth-order valence-electron chi connectivity index (χ4n) is 5.73. The number of hydrogen-bond acceptors (Lipinski definition) is 4. The number of esters is 1. The smallest absolute Gasteiger partial charge is 0.343 e. The molecule has 0 saturated carbocycles. The highest BCUT2D eigenvalue weighted by molar-refractivity contribution is 5.97. The second kappa shape index (κ2) is 6.04. The Morgan fingerprint density at radius 2 is 1.90 bits per heavy atom. The van der Waals surface area contributed by atoms with Crippen LogP contribution in [0.2, 0.25) is 0 Å². The minimum atomic E-state index is -1.83. The third-order valence-electron chi connectivity index (χ3n) is 7.46. The van der Waals surface area contributed by atoms with Gasteiger partial charge in [-0.1, -0.05) is 6.92 Å². The predicted molar refractivity (Wildman–Crippen MR) is 113 cm³/mol. The average Bonchev–Trinajstić information content (AvgIpc) is 3.14. The number of nitrogens with zero attached hydrogens (tertiary/aromatic N) is 1. The molecule has 158 valence electrons. The minimum Gasteiger partial charge on any atom is -0.458 e. The van der Waals surface area contributed by atoms with Crippen LogP contribution >= 0.6 is 0 Å². The van der Waals surface area contributed by atoms with Gasteiger partial charge in [-0.15, -0.1) is 0 Å². The summed E-state index contributed by atoms with van der Waals surface area (Å²) < 4.78 is 21.5. The summed E-state index contributed by atoms with van der Waals surface area (Å²) in [5, 5.41) is 13.0. The molecule has 0 bridgehead atoms. The molecule has 0 amide bonds. The molecular weight excluding hydrogens is 397 g/mol. The molecule has 5 nitrogen and oxygen atoms in total. The molecule has 0 saturated heterocycles. The van der Waals surface area contributed by atoms with Crippen LogP contribution in [0.15, 0.2) is 23.0 Å². The third-order valence-corrected chi connectivity index (χ3v) is 7.46. The maximum atomic E-state index is 14.6. The van der Waals surface area contributed by atoms with Gasteiger partial charge in [-0.05, 0) is 83.8 Å². The number of pyridine rings is 1. The first-order chi connectivity index (χ1) is 14.8. The summed E-state index contributed by atoms with van der Waals surface area (Å²) >= 11 is 0. The van der Waals surface area contributed by atoms with Crippen molar-refractivity contribution < 1.29 is 19.0 Å². The van der Waals surface area contributed by atoms with Crippen LogP contribution in [0.25, 0.3) is 22.0 Å². The Kier molecular flexibility index (Phi) is 3.65. The lowest BCUT2D eigenvalue weighted by Gasteiger charge is -2.31. The summed E-state index contributed by atoms with van der Waals surface area (Å²) in [6.07, 6.45) is 2.81. The van der Waals surface area contributed by atoms with E-state index in [4.69, 9.17) is 4.74 Å². The molecule has 0 spiro atoms. The van der Waals surface area contributed by atoms with Gasteiger partial charge in [0.2, 0.25) is 0 Å². The van der Waals surface area contributed by atoms with E-state index in [1.165, 1.54) is 5.56 Å². The zero-order chi connectivity index (χ0) is 21.7. The zero-order valence-electron chi connectivity index (χ0n) is 17.5. The molecule has 6 rings (SSSR count). The molecule has 1 atom stereocenters. The first-order valence-corrected chi connectivity index (χ1v) is 10.8. The third kappa shape index (κ3) is 2.23.